The SMILES string of the molecule is COc1ccc(-c2nc(NCc3nc4ccccc4[nH]3)c3ncn(Cc4ccc(C(F)(F)F)cc4)c3n2)cn1. The third-order valence-electron chi connectivity index (χ3n) is 6.16. The maximum absolute atomic E-state index is 13.0. The van der Waals surface area contributed by atoms with Crippen LogP contribution in [0.5, 0.6) is 5.88 Å². The maximum Gasteiger partial charge on any atom is 0.416 e. The molecule has 0 aliphatic heterocycles. The second-order valence-corrected chi connectivity index (χ2v) is 8.78. The first-order valence-corrected chi connectivity index (χ1v) is 11.9. The van der Waals surface area contributed by atoms with Crippen molar-refractivity contribution in [1.82, 2.24) is 34.5 Å². The van der Waals surface area contributed by atoms with Crippen molar-refractivity contribution in [2.24, 2.45) is 0 Å². The number of benzene rings is 2. The van der Waals surface area contributed by atoms with Crippen LogP contribution in [-0.4, -0.2) is 41.6 Å². The van der Waals surface area contributed by atoms with E-state index >= 15 is 0 Å². The van der Waals surface area contributed by atoms with Crippen molar-refractivity contribution < 1.29 is 17.9 Å². The van der Waals surface area contributed by atoms with Crippen molar-refractivity contribution in [1.29, 1.82) is 0 Å². The van der Waals surface area contributed by atoms with E-state index in [0.717, 1.165) is 29.0 Å². The second-order valence-electron chi connectivity index (χ2n) is 8.78. The molecule has 196 valence electrons. The number of alkyl halides is 3. The number of H-pyrrole nitrogens is 1. The number of aromatic amines is 1. The molecule has 0 aliphatic carbocycles. The van der Waals surface area contributed by atoms with Crippen LogP contribution in [-0.2, 0) is 19.3 Å². The molecule has 4 aromatic heterocycles. The molecule has 6 rings (SSSR count). The van der Waals surface area contributed by atoms with E-state index in [0.29, 0.717) is 46.4 Å². The number of hydrogen-bond donors (Lipinski definition) is 2. The predicted molar refractivity (Wildman–Crippen MR) is 139 cm³/mol. The fourth-order valence-electron chi connectivity index (χ4n) is 4.20. The van der Waals surface area contributed by atoms with E-state index in [9.17, 15) is 13.2 Å². The highest BCUT2D eigenvalue weighted by Crippen LogP contribution is 2.30. The molecule has 0 saturated heterocycles. The lowest BCUT2D eigenvalue weighted by Crippen LogP contribution is -2.07. The topological polar surface area (TPSA) is 106 Å². The lowest BCUT2D eigenvalue weighted by atomic mass is 10.1. The summed E-state index contributed by atoms with van der Waals surface area (Å²) < 4.78 is 45.9. The van der Waals surface area contributed by atoms with Gasteiger partial charge < -0.3 is 19.6 Å². The highest BCUT2D eigenvalue weighted by molar-refractivity contribution is 5.85. The van der Waals surface area contributed by atoms with E-state index in [1.54, 1.807) is 29.2 Å². The Labute approximate surface area is 219 Å². The highest BCUT2D eigenvalue weighted by Gasteiger charge is 2.30. The van der Waals surface area contributed by atoms with Gasteiger partial charge in [0.15, 0.2) is 17.3 Å². The van der Waals surface area contributed by atoms with Crippen molar-refractivity contribution in [3.8, 4) is 17.3 Å². The molecular weight excluding hydrogens is 509 g/mol. The van der Waals surface area contributed by atoms with Gasteiger partial charge in [0, 0.05) is 17.8 Å². The van der Waals surface area contributed by atoms with Gasteiger partial charge in [-0.15, -0.1) is 0 Å². The number of rotatable bonds is 7. The Morgan fingerprint density at radius 1 is 0.949 bits per heavy atom. The van der Waals surface area contributed by atoms with E-state index in [1.165, 1.54) is 19.2 Å². The summed E-state index contributed by atoms with van der Waals surface area (Å²) in [6.45, 7) is 0.627. The average molecular weight is 531 g/mol. The fraction of sp³-hybridized carbons (Fsp3) is 0.148. The summed E-state index contributed by atoms with van der Waals surface area (Å²) in [5.74, 6) is 2.06. The molecule has 0 amide bonds. The van der Waals surface area contributed by atoms with Gasteiger partial charge in [0.1, 0.15) is 11.3 Å². The van der Waals surface area contributed by atoms with Crippen molar-refractivity contribution in [3.05, 3.63) is 90.1 Å². The molecule has 0 atom stereocenters. The van der Waals surface area contributed by atoms with Gasteiger partial charge in [-0.25, -0.2) is 24.9 Å². The number of anilines is 1. The predicted octanol–water partition coefficient (Wildman–Crippen LogP) is 5.45. The largest absolute Gasteiger partial charge is 0.481 e. The first-order valence-electron chi connectivity index (χ1n) is 11.9. The van der Waals surface area contributed by atoms with Crippen molar-refractivity contribution in [2.75, 3.05) is 12.4 Å². The van der Waals surface area contributed by atoms with E-state index in [-0.39, 0.29) is 6.54 Å². The summed E-state index contributed by atoms with van der Waals surface area (Å²) in [5, 5.41) is 3.31. The first kappa shape index (κ1) is 24.3. The molecule has 0 bridgehead atoms. The smallest absolute Gasteiger partial charge is 0.416 e. The number of nitrogens with one attached hydrogen (secondary N) is 2. The number of hydrogen-bond acceptors (Lipinski definition) is 7. The first-order chi connectivity index (χ1) is 18.9. The molecule has 0 saturated carbocycles. The van der Waals surface area contributed by atoms with Crippen LogP contribution in [0, 0.1) is 0 Å². The quantitative estimate of drug-likeness (QED) is 0.283. The monoisotopic (exact) mass is 530 g/mol. The molecule has 0 unspecified atom stereocenters. The zero-order valence-corrected chi connectivity index (χ0v) is 20.6. The lowest BCUT2D eigenvalue weighted by Gasteiger charge is -2.10. The number of nitrogens with zero attached hydrogens (tertiary/aromatic N) is 6. The van der Waals surface area contributed by atoms with Gasteiger partial charge in [0.25, 0.3) is 0 Å². The standard InChI is InChI=1S/C27H21F3N8O/c1-39-22-11-8-17(12-31-22)24-36-25(32-13-21-34-19-4-2-3-5-20(19)35-21)23-26(37-24)38(15-33-23)14-16-6-9-18(10-7-16)27(28,29)30/h2-12,15H,13-14H2,1H3,(H,34,35)(H,32,36,37). The van der Waals surface area contributed by atoms with E-state index in [4.69, 9.17) is 14.7 Å². The summed E-state index contributed by atoms with van der Waals surface area (Å²) in [6.07, 6.45) is -1.19. The summed E-state index contributed by atoms with van der Waals surface area (Å²) in [5.41, 5.74) is 3.44. The Kier molecular flexibility index (Phi) is 6.06. The van der Waals surface area contributed by atoms with Crippen LogP contribution in [0.25, 0.3) is 33.6 Å². The Morgan fingerprint density at radius 3 is 2.49 bits per heavy atom. The third-order valence-corrected chi connectivity index (χ3v) is 6.16. The summed E-state index contributed by atoms with van der Waals surface area (Å²) >= 11 is 0. The van der Waals surface area contributed by atoms with E-state index in [1.807, 2.05) is 24.3 Å². The molecule has 0 fully saturated rings. The summed E-state index contributed by atoms with van der Waals surface area (Å²) in [4.78, 5) is 26.1. The number of pyridine rings is 1. The number of ether oxygens (including phenoxy) is 1. The van der Waals surface area contributed by atoms with Crippen molar-refractivity contribution in [3.63, 3.8) is 0 Å². The van der Waals surface area contributed by atoms with Gasteiger partial charge >= 0.3 is 6.18 Å². The minimum Gasteiger partial charge on any atom is -0.481 e. The normalized spacial score (nSPS) is 11.8. The van der Waals surface area contributed by atoms with Gasteiger partial charge in [-0.3, -0.25) is 0 Å². The van der Waals surface area contributed by atoms with Crippen LogP contribution in [0.2, 0.25) is 0 Å². The molecule has 0 spiro atoms. The second kappa shape index (κ2) is 9.71. The number of aromatic nitrogens is 7. The number of para-hydroxylation sites is 2. The minimum atomic E-state index is -4.39. The molecular formula is C27H21F3N8O. The lowest BCUT2D eigenvalue weighted by molar-refractivity contribution is -0.137. The number of imidazole rings is 2. The average Bonchev–Trinajstić information content (AvgIpc) is 3.55. The van der Waals surface area contributed by atoms with Gasteiger partial charge in [0.05, 0.1) is 43.1 Å². The number of methoxy groups -OCH3 is 1. The van der Waals surface area contributed by atoms with Crippen LogP contribution in [0.1, 0.15) is 17.0 Å². The van der Waals surface area contributed by atoms with Crippen LogP contribution in [0.3, 0.4) is 0 Å². The molecule has 0 aliphatic rings. The Morgan fingerprint density at radius 2 is 1.77 bits per heavy atom. The zero-order chi connectivity index (χ0) is 27.0. The van der Waals surface area contributed by atoms with E-state index in [2.05, 4.69) is 25.3 Å². The van der Waals surface area contributed by atoms with Crippen molar-refractivity contribution >= 4 is 28.0 Å². The molecule has 6 aromatic rings. The zero-order valence-electron chi connectivity index (χ0n) is 20.6. The Balaban J connectivity index is 1.36. The molecule has 4 heterocycles. The molecule has 0 radical (unpaired) electrons. The third kappa shape index (κ3) is 4.96. The Hall–Kier alpha value is -5.00. The van der Waals surface area contributed by atoms with Crippen molar-refractivity contribution in [2.45, 2.75) is 19.3 Å². The molecule has 2 N–H and O–H groups in total. The Bertz CT molecular complexity index is 1730. The summed E-state index contributed by atoms with van der Waals surface area (Å²) in [7, 11) is 1.53. The van der Waals surface area contributed by atoms with Crippen LogP contribution >= 0.6 is 0 Å². The van der Waals surface area contributed by atoms with Gasteiger partial charge in [-0.1, -0.05) is 24.3 Å². The molecule has 12 heteroatoms. The van der Waals surface area contributed by atoms with Crippen LogP contribution in [0.4, 0.5) is 19.0 Å². The molecule has 9 nitrogen and oxygen atoms in total. The minimum absolute atomic E-state index is 0.273. The highest BCUT2D eigenvalue weighted by atomic mass is 19.4. The number of halogens is 3. The van der Waals surface area contributed by atoms with Gasteiger partial charge in [-0.2, -0.15) is 13.2 Å². The maximum atomic E-state index is 13.0. The summed E-state index contributed by atoms with van der Waals surface area (Å²) in [6, 6.07) is 16.3. The molecule has 39 heavy (non-hydrogen) atoms. The van der Waals surface area contributed by atoms with Crippen LogP contribution < -0.4 is 10.1 Å². The van der Waals surface area contributed by atoms with E-state index < -0.39 is 11.7 Å². The molecule has 2 aromatic carbocycles. The fourth-order valence-corrected chi connectivity index (χ4v) is 4.20. The van der Waals surface area contributed by atoms with Gasteiger partial charge in [0.2, 0.25) is 5.88 Å². The van der Waals surface area contributed by atoms with Crippen LogP contribution in [0.15, 0.2) is 73.2 Å². The van der Waals surface area contributed by atoms with Gasteiger partial charge in [-0.05, 0) is 35.9 Å². The number of fused-ring (bicyclic) bond motifs is 2.